The third kappa shape index (κ3) is 3.34. The number of allylic oxidation sites excluding steroid dienone is 1. The Balaban J connectivity index is 2.57. The Morgan fingerprint density at radius 1 is 1.54 bits per heavy atom. The lowest BCUT2D eigenvalue weighted by Crippen LogP contribution is -2.16. The van der Waals surface area contributed by atoms with Gasteiger partial charge in [-0.25, -0.2) is 4.79 Å². The fourth-order valence-electron chi connectivity index (χ4n) is 0.900. The Morgan fingerprint density at radius 3 is 2.69 bits per heavy atom. The zero-order valence-corrected chi connectivity index (χ0v) is 8.33. The largest absolute Gasteiger partial charge is 0.447 e. The van der Waals surface area contributed by atoms with Crippen molar-refractivity contribution in [3.8, 4) is 0 Å². The minimum atomic E-state index is -0.283. The molecule has 1 aliphatic heterocycles. The predicted octanol–water partition coefficient (Wildman–Crippen LogP) is 2.15. The molecule has 3 heteroatoms. The van der Waals surface area contributed by atoms with E-state index in [0.717, 1.165) is 0 Å². The topological polar surface area (TPSA) is 29.5 Å². The summed E-state index contributed by atoms with van der Waals surface area (Å²) >= 11 is 0. The minimum Gasteiger partial charge on any atom is -0.447 e. The van der Waals surface area contributed by atoms with E-state index in [1.165, 1.54) is 4.90 Å². The van der Waals surface area contributed by atoms with Gasteiger partial charge >= 0.3 is 6.09 Å². The van der Waals surface area contributed by atoms with Crippen LogP contribution in [0.5, 0.6) is 0 Å². The Labute approximate surface area is 78.7 Å². The normalized spacial score (nSPS) is 16.5. The molecule has 3 nitrogen and oxygen atoms in total. The van der Waals surface area contributed by atoms with Gasteiger partial charge in [-0.15, -0.1) is 5.73 Å². The van der Waals surface area contributed by atoms with Gasteiger partial charge in [-0.3, -0.25) is 4.90 Å². The van der Waals surface area contributed by atoms with E-state index in [1.807, 2.05) is 6.08 Å². The van der Waals surface area contributed by atoms with Crippen LogP contribution in [0, 0.1) is 5.41 Å². The van der Waals surface area contributed by atoms with Crippen LogP contribution in [0.15, 0.2) is 18.0 Å². The van der Waals surface area contributed by atoms with Gasteiger partial charge in [0, 0.05) is 0 Å². The second-order valence-corrected chi connectivity index (χ2v) is 4.11. The molecule has 0 atom stereocenters. The van der Waals surface area contributed by atoms with Crippen LogP contribution in [-0.4, -0.2) is 24.1 Å². The maximum absolute atomic E-state index is 10.9. The summed E-state index contributed by atoms with van der Waals surface area (Å²) < 4.78 is 4.75. The number of cyclic esters (lactones) is 1. The quantitative estimate of drug-likeness (QED) is 0.580. The molecule has 1 heterocycles. The first-order chi connectivity index (χ1) is 5.99. The molecular formula is C10H15NO2. The maximum Gasteiger partial charge on any atom is 0.414 e. The number of nitrogens with zero attached hydrogens (tertiary/aromatic N) is 1. The monoisotopic (exact) mass is 181 g/mol. The van der Waals surface area contributed by atoms with Gasteiger partial charge in [-0.1, -0.05) is 20.8 Å². The number of hydrogen-bond donors (Lipinski definition) is 0. The zero-order valence-electron chi connectivity index (χ0n) is 8.33. The summed E-state index contributed by atoms with van der Waals surface area (Å²) in [6.07, 6.45) is 3.29. The minimum absolute atomic E-state index is 0.0974. The lowest BCUT2D eigenvalue weighted by Gasteiger charge is -2.09. The van der Waals surface area contributed by atoms with Crippen molar-refractivity contribution in [1.82, 2.24) is 4.90 Å². The van der Waals surface area contributed by atoms with Crippen LogP contribution in [0.1, 0.15) is 20.8 Å². The van der Waals surface area contributed by atoms with Crippen molar-refractivity contribution < 1.29 is 9.53 Å². The number of carbonyl (C=O) groups is 1. The fourth-order valence-corrected chi connectivity index (χ4v) is 0.900. The predicted molar refractivity (Wildman–Crippen MR) is 50.2 cm³/mol. The van der Waals surface area contributed by atoms with Gasteiger partial charge in [-0.05, 0) is 11.5 Å². The Bertz CT molecular complexity index is 257. The SMILES string of the molecule is CC(C)(C)C=C=CN1CCOC1=O. The third-order valence-electron chi connectivity index (χ3n) is 1.54. The summed E-state index contributed by atoms with van der Waals surface area (Å²) in [6.45, 7) is 7.35. The van der Waals surface area contributed by atoms with Crippen molar-refractivity contribution in [3.05, 3.63) is 18.0 Å². The number of carbonyl (C=O) groups excluding carboxylic acids is 1. The molecule has 72 valence electrons. The summed E-state index contributed by atoms with van der Waals surface area (Å²) in [4.78, 5) is 12.5. The first-order valence-electron chi connectivity index (χ1n) is 4.36. The standard InChI is InChI=1S/C10H15NO2/c1-10(2,3)5-4-6-11-7-8-13-9(11)12/h5-6H,7-8H2,1-3H3. The molecule has 1 rings (SSSR count). The second kappa shape index (κ2) is 3.67. The summed E-state index contributed by atoms with van der Waals surface area (Å²) in [5.74, 6) is 0. The third-order valence-corrected chi connectivity index (χ3v) is 1.54. The molecule has 1 amide bonds. The summed E-state index contributed by atoms with van der Waals surface area (Å²) in [5.41, 5.74) is 3.07. The number of amides is 1. The van der Waals surface area contributed by atoms with Crippen molar-refractivity contribution >= 4 is 6.09 Å². The molecular weight excluding hydrogens is 166 g/mol. The fraction of sp³-hybridized carbons (Fsp3) is 0.600. The molecule has 0 aromatic carbocycles. The van der Waals surface area contributed by atoms with E-state index in [4.69, 9.17) is 4.74 Å². The number of ether oxygens (including phenoxy) is 1. The summed E-state index contributed by atoms with van der Waals surface area (Å²) in [5, 5.41) is 0. The average Bonchev–Trinajstić information content (AvgIpc) is 2.34. The average molecular weight is 181 g/mol. The molecule has 0 radical (unpaired) electrons. The summed E-state index contributed by atoms with van der Waals surface area (Å²) in [6, 6.07) is 0. The van der Waals surface area contributed by atoms with Gasteiger partial charge in [0.1, 0.15) is 6.61 Å². The number of rotatable bonds is 1. The van der Waals surface area contributed by atoms with Gasteiger partial charge in [-0.2, -0.15) is 0 Å². The molecule has 1 fully saturated rings. The van der Waals surface area contributed by atoms with Crippen LogP contribution in [0.2, 0.25) is 0 Å². The van der Waals surface area contributed by atoms with Crippen LogP contribution >= 0.6 is 0 Å². The van der Waals surface area contributed by atoms with E-state index in [-0.39, 0.29) is 11.5 Å². The molecule has 1 saturated heterocycles. The van der Waals surface area contributed by atoms with E-state index in [9.17, 15) is 4.79 Å². The highest BCUT2D eigenvalue weighted by Crippen LogP contribution is 2.13. The Morgan fingerprint density at radius 2 is 2.23 bits per heavy atom. The molecule has 0 spiro atoms. The van der Waals surface area contributed by atoms with Crippen LogP contribution < -0.4 is 0 Å². The molecule has 13 heavy (non-hydrogen) atoms. The zero-order chi connectivity index (χ0) is 9.90. The first kappa shape index (κ1) is 9.87. The van der Waals surface area contributed by atoms with Gasteiger partial charge in [0.2, 0.25) is 0 Å². The molecule has 1 aliphatic rings. The van der Waals surface area contributed by atoms with Crippen molar-refractivity contribution in [1.29, 1.82) is 0 Å². The molecule has 0 unspecified atom stereocenters. The van der Waals surface area contributed by atoms with Crippen molar-refractivity contribution in [2.45, 2.75) is 20.8 Å². The second-order valence-electron chi connectivity index (χ2n) is 4.11. The highest BCUT2D eigenvalue weighted by Gasteiger charge is 2.18. The molecule has 0 aromatic rings. The van der Waals surface area contributed by atoms with E-state index >= 15 is 0 Å². The van der Waals surface area contributed by atoms with Crippen LogP contribution in [0.3, 0.4) is 0 Å². The van der Waals surface area contributed by atoms with Crippen molar-refractivity contribution in [2.24, 2.45) is 5.41 Å². The smallest absolute Gasteiger partial charge is 0.414 e. The van der Waals surface area contributed by atoms with Crippen molar-refractivity contribution in [3.63, 3.8) is 0 Å². The lowest BCUT2D eigenvalue weighted by molar-refractivity contribution is 0.166. The molecule has 0 N–H and O–H groups in total. The highest BCUT2D eigenvalue weighted by atomic mass is 16.6. The molecule has 0 aliphatic carbocycles. The van der Waals surface area contributed by atoms with Crippen molar-refractivity contribution in [2.75, 3.05) is 13.2 Å². The molecule has 0 bridgehead atoms. The van der Waals surface area contributed by atoms with E-state index in [2.05, 4.69) is 26.5 Å². The van der Waals surface area contributed by atoms with Gasteiger partial charge < -0.3 is 4.74 Å². The van der Waals surface area contributed by atoms with Crippen LogP contribution in [-0.2, 0) is 4.74 Å². The van der Waals surface area contributed by atoms with Gasteiger partial charge in [0.15, 0.2) is 0 Å². The van der Waals surface area contributed by atoms with Gasteiger partial charge in [0.05, 0.1) is 12.7 Å². The molecule has 0 saturated carbocycles. The summed E-state index contributed by atoms with van der Waals surface area (Å²) in [7, 11) is 0. The van der Waals surface area contributed by atoms with Crippen LogP contribution in [0.25, 0.3) is 0 Å². The van der Waals surface area contributed by atoms with E-state index in [0.29, 0.717) is 13.2 Å². The molecule has 0 aromatic heterocycles. The highest BCUT2D eigenvalue weighted by molar-refractivity contribution is 5.70. The Hall–Kier alpha value is -1.21. The first-order valence-corrected chi connectivity index (χ1v) is 4.36. The van der Waals surface area contributed by atoms with E-state index in [1.54, 1.807) is 6.20 Å². The Kier molecular flexibility index (Phi) is 2.79. The van der Waals surface area contributed by atoms with E-state index < -0.39 is 0 Å². The number of hydrogen-bond acceptors (Lipinski definition) is 2. The van der Waals surface area contributed by atoms with Crippen LogP contribution in [0.4, 0.5) is 4.79 Å². The lowest BCUT2D eigenvalue weighted by atomic mass is 9.97. The maximum atomic E-state index is 10.9. The van der Waals surface area contributed by atoms with Gasteiger partial charge in [0.25, 0.3) is 0 Å².